The molecule has 0 saturated carbocycles. The first-order valence-electron chi connectivity index (χ1n) is 9.40. The van der Waals surface area contributed by atoms with Crippen molar-refractivity contribution >= 4 is 33.4 Å². The number of amides is 2. The summed E-state index contributed by atoms with van der Waals surface area (Å²) in [5, 5.41) is 5.67. The standard InChI is InChI=1S/C18H36N2O2S2/c1-5-7-9-11-13-19-17(21)15(3)23-24-16(4)18(22)20-14-12-10-8-6-2/h15-16H,5-14H2,1-4H3,(H,19,21)(H,20,22). The Morgan fingerprint density at radius 2 is 1.08 bits per heavy atom. The molecule has 2 atom stereocenters. The van der Waals surface area contributed by atoms with Gasteiger partial charge in [-0.25, -0.2) is 0 Å². The molecule has 142 valence electrons. The van der Waals surface area contributed by atoms with E-state index in [1.165, 1.54) is 60.1 Å². The molecule has 2 unspecified atom stereocenters. The Labute approximate surface area is 156 Å². The number of carbonyl (C=O) groups excluding carboxylic acids is 2. The van der Waals surface area contributed by atoms with E-state index in [4.69, 9.17) is 0 Å². The maximum Gasteiger partial charge on any atom is 0.233 e. The Morgan fingerprint density at radius 3 is 1.42 bits per heavy atom. The van der Waals surface area contributed by atoms with Gasteiger partial charge in [0.2, 0.25) is 11.8 Å². The van der Waals surface area contributed by atoms with E-state index < -0.39 is 0 Å². The van der Waals surface area contributed by atoms with E-state index in [0.717, 1.165) is 25.9 Å². The lowest BCUT2D eigenvalue weighted by Gasteiger charge is -2.15. The van der Waals surface area contributed by atoms with Gasteiger partial charge in [-0.3, -0.25) is 9.59 Å². The van der Waals surface area contributed by atoms with E-state index in [9.17, 15) is 9.59 Å². The Bertz CT molecular complexity index is 309. The minimum absolute atomic E-state index is 0.0659. The van der Waals surface area contributed by atoms with Crippen LogP contribution in [-0.4, -0.2) is 35.4 Å². The molecule has 0 saturated heterocycles. The zero-order valence-corrected chi connectivity index (χ0v) is 17.5. The van der Waals surface area contributed by atoms with Gasteiger partial charge >= 0.3 is 0 Å². The zero-order chi connectivity index (χ0) is 18.2. The Morgan fingerprint density at radius 1 is 0.708 bits per heavy atom. The van der Waals surface area contributed by atoms with Gasteiger partial charge in [0.05, 0.1) is 10.5 Å². The minimum atomic E-state index is -0.138. The molecule has 2 amide bonds. The van der Waals surface area contributed by atoms with Crippen molar-refractivity contribution in [1.29, 1.82) is 0 Å². The Kier molecular flexibility index (Phi) is 15.9. The Balaban J connectivity index is 3.76. The molecule has 0 aromatic heterocycles. The first-order chi connectivity index (χ1) is 11.5. The van der Waals surface area contributed by atoms with Gasteiger partial charge in [-0.2, -0.15) is 0 Å². The van der Waals surface area contributed by atoms with E-state index in [1.54, 1.807) is 0 Å². The number of nitrogens with one attached hydrogen (secondary N) is 2. The van der Waals surface area contributed by atoms with Crippen molar-refractivity contribution in [3.05, 3.63) is 0 Å². The summed E-state index contributed by atoms with van der Waals surface area (Å²) in [5.41, 5.74) is 0. The normalized spacial score (nSPS) is 13.3. The van der Waals surface area contributed by atoms with Gasteiger partial charge in [-0.15, -0.1) is 0 Å². The third-order valence-corrected chi connectivity index (χ3v) is 6.92. The van der Waals surface area contributed by atoms with Crippen molar-refractivity contribution in [2.75, 3.05) is 13.1 Å². The predicted molar refractivity (Wildman–Crippen MR) is 108 cm³/mol. The summed E-state index contributed by atoms with van der Waals surface area (Å²) in [6.07, 6.45) is 9.28. The highest BCUT2D eigenvalue weighted by atomic mass is 33.1. The molecule has 4 nitrogen and oxygen atoms in total. The first-order valence-corrected chi connectivity index (χ1v) is 11.7. The van der Waals surface area contributed by atoms with Crippen LogP contribution in [0.25, 0.3) is 0 Å². The van der Waals surface area contributed by atoms with Crippen LogP contribution < -0.4 is 10.6 Å². The maximum absolute atomic E-state index is 12.0. The van der Waals surface area contributed by atoms with Gasteiger partial charge in [0.25, 0.3) is 0 Å². The monoisotopic (exact) mass is 376 g/mol. The number of hydrogen-bond acceptors (Lipinski definition) is 4. The molecule has 0 heterocycles. The molecule has 2 N–H and O–H groups in total. The predicted octanol–water partition coefficient (Wildman–Crippen LogP) is 4.54. The number of carbonyl (C=O) groups is 2. The summed E-state index contributed by atoms with van der Waals surface area (Å²) in [5.74, 6) is 0.132. The summed E-state index contributed by atoms with van der Waals surface area (Å²) in [7, 11) is 2.96. The highest BCUT2D eigenvalue weighted by molar-refractivity contribution is 8.77. The second-order valence-electron chi connectivity index (χ2n) is 6.18. The lowest BCUT2D eigenvalue weighted by atomic mass is 10.2. The van der Waals surface area contributed by atoms with Crippen molar-refractivity contribution in [1.82, 2.24) is 10.6 Å². The van der Waals surface area contributed by atoms with Crippen LogP contribution in [0.1, 0.15) is 79.1 Å². The van der Waals surface area contributed by atoms with Gasteiger partial charge in [-0.05, 0) is 26.7 Å². The molecule has 0 aromatic carbocycles. The number of unbranched alkanes of at least 4 members (excludes halogenated alkanes) is 6. The van der Waals surface area contributed by atoms with Crippen LogP contribution in [-0.2, 0) is 9.59 Å². The molecule has 0 rings (SSSR count). The van der Waals surface area contributed by atoms with Gasteiger partial charge < -0.3 is 10.6 Å². The fourth-order valence-electron chi connectivity index (χ4n) is 2.07. The highest BCUT2D eigenvalue weighted by Gasteiger charge is 2.18. The highest BCUT2D eigenvalue weighted by Crippen LogP contribution is 2.31. The average molecular weight is 377 g/mol. The van der Waals surface area contributed by atoms with Crippen LogP contribution in [0.3, 0.4) is 0 Å². The van der Waals surface area contributed by atoms with Crippen molar-refractivity contribution in [3.8, 4) is 0 Å². The van der Waals surface area contributed by atoms with Crippen LogP contribution in [0.15, 0.2) is 0 Å². The molecule has 0 aliphatic rings. The molecular formula is C18H36N2O2S2. The number of rotatable bonds is 15. The fourth-order valence-corrected chi connectivity index (χ4v) is 4.27. The topological polar surface area (TPSA) is 58.2 Å². The molecule has 0 aliphatic carbocycles. The van der Waals surface area contributed by atoms with Gasteiger partial charge in [0, 0.05) is 13.1 Å². The second kappa shape index (κ2) is 16.1. The minimum Gasteiger partial charge on any atom is -0.355 e. The van der Waals surface area contributed by atoms with E-state index >= 15 is 0 Å². The van der Waals surface area contributed by atoms with Crippen molar-refractivity contribution < 1.29 is 9.59 Å². The SMILES string of the molecule is CCCCCCNC(=O)C(C)SSC(C)C(=O)NCCCCCC. The second-order valence-corrected chi connectivity index (χ2v) is 9.13. The average Bonchev–Trinajstić information content (AvgIpc) is 2.58. The van der Waals surface area contributed by atoms with Gasteiger partial charge in [0.1, 0.15) is 0 Å². The van der Waals surface area contributed by atoms with E-state index in [2.05, 4.69) is 24.5 Å². The number of hydrogen-bond donors (Lipinski definition) is 2. The quantitative estimate of drug-likeness (QED) is 0.325. The smallest absolute Gasteiger partial charge is 0.233 e. The van der Waals surface area contributed by atoms with Gasteiger partial charge in [0.15, 0.2) is 0 Å². The van der Waals surface area contributed by atoms with Crippen LogP contribution in [0.2, 0.25) is 0 Å². The van der Waals surface area contributed by atoms with E-state index in [1.807, 2.05) is 13.8 Å². The third kappa shape index (κ3) is 13.0. The first kappa shape index (κ1) is 23.6. The lowest BCUT2D eigenvalue weighted by molar-refractivity contribution is -0.121. The molecule has 0 spiro atoms. The molecular weight excluding hydrogens is 340 g/mol. The van der Waals surface area contributed by atoms with Crippen molar-refractivity contribution in [2.24, 2.45) is 0 Å². The molecule has 24 heavy (non-hydrogen) atoms. The largest absolute Gasteiger partial charge is 0.355 e. The summed E-state index contributed by atoms with van der Waals surface area (Å²) < 4.78 is 0. The van der Waals surface area contributed by atoms with Crippen LogP contribution in [0.4, 0.5) is 0 Å². The van der Waals surface area contributed by atoms with E-state index in [-0.39, 0.29) is 22.3 Å². The van der Waals surface area contributed by atoms with Crippen molar-refractivity contribution in [2.45, 2.75) is 89.6 Å². The molecule has 0 bridgehead atoms. The molecule has 0 aromatic rings. The van der Waals surface area contributed by atoms with Crippen LogP contribution in [0.5, 0.6) is 0 Å². The molecule has 6 heteroatoms. The van der Waals surface area contributed by atoms with E-state index in [0.29, 0.717) is 0 Å². The fraction of sp³-hybridized carbons (Fsp3) is 0.889. The van der Waals surface area contributed by atoms with Crippen LogP contribution in [0, 0.1) is 0 Å². The Hall–Kier alpha value is -0.360. The molecule has 0 fully saturated rings. The summed E-state index contributed by atoms with van der Waals surface area (Å²) in [6, 6.07) is 0. The summed E-state index contributed by atoms with van der Waals surface area (Å²) in [4.78, 5) is 24.0. The maximum atomic E-state index is 12.0. The lowest BCUT2D eigenvalue weighted by Crippen LogP contribution is -2.33. The van der Waals surface area contributed by atoms with Crippen LogP contribution >= 0.6 is 21.6 Å². The summed E-state index contributed by atoms with van der Waals surface area (Å²) >= 11 is 0. The molecule has 0 aliphatic heterocycles. The summed E-state index contributed by atoms with van der Waals surface area (Å²) in [6.45, 7) is 9.65. The molecule has 0 radical (unpaired) electrons. The zero-order valence-electron chi connectivity index (χ0n) is 15.9. The van der Waals surface area contributed by atoms with Crippen molar-refractivity contribution in [3.63, 3.8) is 0 Å². The van der Waals surface area contributed by atoms with Gasteiger partial charge in [-0.1, -0.05) is 74.0 Å². The third-order valence-electron chi connectivity index (χ3n) is 3.74.